The third-order valence-corrected chi connectivity index (χ3v) is 4.61. The number of carbonyl (C=O) groups excluding carboxylic acids is 1. The molecule has 1 saturated heterocycles. The molecule has 1 N–H and O–H groups in total. The smallest absolute Gasteiger partial charge is 0.305 e. The predicted molar refractivity (Wildman–Crippen MR) is 66.8 cm³/mol. The van der Waals surface area contributed by atoms with Gasteiger partial charge in [0.15, 0.2) is 0 Å². The Morgan fingerprint density at radius 2 is 2.17 bits per heavy atom. The van der Waals surface area contributed by atoms with Crippen LogP contribution in [0.2, 0.25) is 0 Å². The molecular weight excluding hydrogens is 282 g/mol. The van der Waals surface area contributed by atoms with Gasteiger partial charge >= 0.3 is 5.97 Å². The van der Waals surface area contributed by atoms with E-state index < -0.39 is 21.8 Å². The van der Waals surface area contributed by atoms with Gasteiger partial charge in [-0.15, -0.1) is 16.7 Å². The molecule has 0 radical (unpaired) electrons. The Bertz CT molecular complexity index is 396. The zero-order valence-electron chi connectivity index (χ0n) is 9.65. The number of esters is 1. The molecule has 0 aliphatic carbocycles. The highest BCUT2D eigenvalue weighted by Gasteiger charge is 2.26. The Balaban J connectivity index is 2.12. The van der Waals surface area contributed by atoms with Crippen molar-refractivity contribution in [3.05, 3.63) is 4.91 Å². The van der Waals surface area contributed by atoms with Crippen molar-refractivity contribution in [1.29, 1.82) is 0 Å². The minimum absolute atomic E-state index is 0.0357. The maximum absolute atomic E-state index is 11.2. The molecule has 0 aromatic heterocycles. The van der Waals surface area contributed by atoms with Crippen LogP contribution in [0.15, 0.2) is 5.18 Å². The first-order valence-corrected chi connectivity index (χ1v) is 8.04. The zero-order chi connectivity index (χ0) is 13.6. The monoisotopic (exact) mass is 297 g/mol. The summed E-state index contributed by atoms with van der Waals surface area (Å²) < 4.78 is 34.2. The summed E-state index contributed by atoms with van der Waals surface area (Å²) in [5.74, 6) is -0.945. The molecule has 9 heteroatoms. The van der Waals surface area contributed by atoms with E-state index >= 15 is 0 Å². The summed E-state index contributed by atoms with van der Waals surface area (Å²) in [6, 6.07) is 0. The highest BCUT2D eigenvalue weighted by molar-refractivity contribution is 8.00. The van der Waals surface area contributed by atoms with E-state index in [2.05, 4.69) is 5.18 Å². The molecule has 0 aromatic carbocycles. The Kier molecular flexibility index (Phi) is 6.03. The van der Waals surface area contributed by atoms with Crippen molar-refractivity contribution >= 4 is 27.8 Å². The van der Waals surface area contributed by atoms with E-state index in [1.54, 1.807) is 0 Å². The first kappa shape index (κ1) is 15.4. The fourth-order valence-corrected chi connectivity index (χ4v) is 3.24. The number of ether oxygens (including phenoxy) is 1. The molecule has 18 heavy (non-hydrogen) atoms. The average Bonchev–Trinajstić information content (AvgIpc) is 2.72. The largest absolute Gasteiger partial charge is 0.464 e. The predicted octanol–water partition coefficient (Wildman–Crippen LogP) is 1.19. The topological polar surface area (TPSA) is 110 Å². The van der Waals surface area contributed by atoms with E-state index in [0.717, 1.165) is 6.42 Å². The Labute approximate surface area is 109 Å². The molecule has 1 rings (SSSR count). The van der Waals surface area contributed by atoms with Gasteiger partial charge in [0, 0.05) is 11.7 Å². The molecule has 0 spiro atoms. The number of carbonyl (C=O) groups is 1. The van der Waals surface area contributed by atoms with Gasteiger partial charge in [-0.3, -0.25) is 9.35 Å². The molecule has 2 unspecified atom stereocenters. The molecule has 2 atom stereocenters. The minimum Gasteiger partial charge on any atom is -0.464 e. The number of rotatable bonds is 7. The number of hydrogen-bond donors (Lipinski definition) is 1. The molecule has 0 saturated carbocycles. The summed E-state index contributed by atoms with van der Waals surface area (Å²) in [4.78, 5) is 21.5. The van der Waals surface area contributed by atoms with Gasteiger partial charge in [-0.1, -0.05) is 5.18 Å². The van der Waals surface area contributed by atoms with Crippen molar-refractivity contribution in [2.45, 2.75) is 36.3 Å². The second-order valence-electron chi connectivity index (χ2n) is 3.97. The van der Waals surface area contributed by atoms with Gasteiger partial charge < -0.3 is 4.74 Å². The molecule has 0 aromatic rings. The molecule has 1 fully saturated rings. The van der Waals surface area contributed by atoms with E-state index in [0.29, 0.717) is 6.42 Å². The van der Waals surface area contributed by atoms with Gasteiger partial charge in [0.25, 0.3) is 10.1 Å². The molecule has 0 bridgehead atoms. The summed E-state index contributed by atoms with van der Waals surface area (Å²) in [6.45, 7) is 0.210. The molecule has 7 nitrogen and oxygen atoms in total. The van der Waals surface area contributed by atoms with Crippen LogP contribution in [-0.4, -0.2) is 41.9 Å². The van der Waals surface area contributed by atoms with Crippen molar-refractivity contribution in [3.8, 4) is 0 Å². The van der Waals surface area contributed by atoms with Crippen molar-refractivity contribution in [2.24, 2.45) is 5.18 Å². The standard InChI is InChI=1S/C9H15NO6S2/c11-9(2-1-5-18(13,14)15)16-6-7-3-4-8(10-12)17-7/h7-8H,1-6H2,(H,13,14,15). The Morgan fingerprint density at radius 1 is 1.44 bits per heavy atom. The van der Waals surface area contributed by atoms with Crippen LogP contribution in [0, 0.1) is 4.91 Å². The SMILES string of the molecule is O=NC1CCC(COC(=O)CCCS(=O)(=O)O)S1. The van der Waals surface area contributed by atoms with Gasteiger partial charge in [0.05, 0.1) is 5.75 Å². The molecule has 1 aliphatic heterocycles. The fourth-order valence-electron chi connectivity index (χ4n) is 1.54. The first-order chi connectivity index (χ1) is 8.40. The lowest BCUT2D eigenvalue weighted by molar-refractivity contribution is -0.143. The number of hydrogen-bond acceptors (Lipinski definition) is 7. The zero-order valence-corrected chi connectivity index (χ0v) is 11.3. The highest BCUT2D eigenvalue weighted by Crippen LogP contribution is 2.34. The summed E-state index contributed by atoms with van der Waals surface area (Å²) in [5, 5.41) is 2.74. The third-order valence-electron chi connectivity index (χ3n) is 2.42. The summed E-state index contributed by atoms with van der Waals surface area (Å²) in [6.07, 6.45) is 1.46. The van der Waals surface area contributed by atoms with Gasteiger partial charge in [0.1, 0.15) is 12.0 Å². The van der Waals surface area contributed by atoms with Crippen LogP contribution >= 0.6 is 11.8 Å². The minimum atomic E-state index is -4.02. The van der Waals surface area contributed by atoms with Gasteiger partial charge in [-0.05, 0) is 19.3 Å². The lowest BCUT2D eigenvalue weighted by Crippen LogP contribution is -2.15. The van der Waals surface area contributed by atoms with Crippen molar-refractivity contribution in [2.75, 3.05) is 12.4 Å². The summed E-state index contributed by atoms with van der Waals surface area (Å²) in [5.41, 5.74) is 0. The van der Waals surface area contributed by atoms with Gasteiger partial charge in [0.2, 0.25) is 0 Å². The van der Waals surface area contributed by atoms with E-state index in [9.17, 15) is 18.1 Å². The fraction of sp³-hybridized carbons (Fsp3) is 0.889. The van der Waals surface area contributed by atoms with Crippen molar-refractivity contribution < 1.29 is 22.5 Å². The van der Waals surface area contributed by atoms with E-state index in [1.807, 2.05) is 0 Å². The number of nitroso groups, excluding NO2 is 1. The van der Waals surface area contributed by atoms with E-state index in [-0.39, 0.29) is 30.1 Å². The summed E-state index contributed by atoms with van der Waals surface area (Å²) >= 11 is 1.39. The number of thioether (sulfide) groups is 1. The molecular formula is C9H15NO6S2. The van der Waals surface area contributed by atoms with E-state index in [1.165, 1.54) is 11.8 Å². The van der Waals surface area contributed by atoms with Gasteiger partial charge in [-0.2, -0.15) is 8.42 Å². The van der Waals surface area contributed by atoms with Crippen LogP contribution in [0.3, 0.4) is 0 Å². The maximum Gasteiger partial charge on any atom is 0.305 e. The Hall–Kier alpha value is -0.670. The van der Waals surface area contributed by atoms with Crippen LogP contribution < -0.4 is 0 Å². The Morgan fingerprint density at radius 3 is 2.72 bits per heavy atom. The summed E-state index contributed by atoms with van der Waals surface area (Å²) in [7, 11) is -4.02. The second-order valence-corrected chi connectivity index (χ2v) is 7.02. The third kappa shape index (κ3) is 6.31. The molecule has 1 aliphatic rings. The van der Waals surface area contributed by atoms with E-state index in [4.69, 9.17) is 9.29 Å². The normalized spacial score (nSPS) is 23.8. The van der Waals surface area contributed by atoms with Crippen LogP contribution in [0.5, 0.6) is 0 Å². The lowest BCUT2D eigenvalue weighted by atomic mass is 10.2. The number of nitrogens with zero attached hydrogens (tertiary/aromatic N) is 1. The van der Waals surface area contributed by atoms with Crippen molar-refractivity contribution in [3.63, 3.8) is 0 Å². The van der Waals surface area contributed by atoms with Crippen LogP contribution in [0.4, 0.5) is 0 Å². The highest BCUT2D eigenvalue weighted by atomic mass is 32.2. The quantitative estimate of drug-likeness (QED) is 0.427. The second kappa shape index (κ2) is 7.05. The van der Waals surface area contributed by atoms with Gasteiger partial charge in [-0.25, -0.2) is 0 Å². The van der Waals surface area contributed by atoms with Crippen LogP contribution in [0.1, 0.15) is 25.7 Å². The van der Waals surface area contributed by atoms with Crippen LogP contribution in [0.25, 0.3) is 0 Å². The molecule has 0 amide bonds. The maximum atomic E-state index is 11.2. The average molecular weight is 297 g/mol. The molecule has 1 heterocycles. The van der Waals surface area contributed by atoms with Crippen molar-refractivity contribution in [1.82, 2.24) is 0 Å². The molecule has 104 valence electrons. The van der Waals surface area contributed by atoms with Crippen LogP contribution in [-0.2, 0) is 19.6 Å². The lowest BCUT2D eigenvalue weighted by Gasteiger charge is -2.09. The first-order valence-electron chi connectivity index (χ1n) is 5.49.